The average molecular weight is 759 g/mol. The number of halogens is 1. The predicted octanol–water partition coefficient (Wildman–Crippen LogP) is 5.91. The van der Waals surface area contributed by atoms with Crippen LogP contribution in [-0.2, 0) is 26.0 Å². The highest BCUT2D eigenvalue weighted by Gasteiger charge is 2.39. The van der Waals surface area contributed by atoms with E-state index in [1.165, 1.54) is 11.9 Å². The molecule has 0 bridgehead atoms. The molecule has 2 N–H and O–H groups in total. The van der Waals surface area contributed by atoms with Crippen LogP contribution in [0, 0.1) is 16.4 Å². The van der Waals surface area contributed by atoms with Crippen LogP contribution in [0.1, 0.15) is 47.7 Å². The number of aromatic nitrogens is 1. The van der Waals surface area contributed by atoms with Crippen LogP contribution in [0.5, 0.6) is 0 Å². The molecule has 11 nitrogen and oxygen atoms in total. The normalized spacial score (nSPS) is 15.5. The van der Waals surface area contributed by atoms with Gasteiger partial charge in [-0.15, -0.1) is 0 Å². The number of furan rings is 1. The Morgan fingerprint density at radius 2 is 1.83 bits per heavy atom. The van der Waals surface area contributed by atoms with Crippen molar-refractivity contribution in [3.63, 3.8) is 0 Å². The zero-order valence-corrected chi connectivity index (χ0v) is 28.7. The van der Waals surface area contributed by atoms with Gasteiger partial charge >= 0.3 is 6.09 Å². The molecule has 3 amide bonds. The van der Waals surface area contributed by atoms with Crippen molar-refractivity contribution in [2.45, 2.75) is 45.6 Å². The molecular formula is C33H35IN4O7S. The number of carbonyl (C=O) groups excluding carboxylic acids is 3. The first-order valence-corrected chi connectivity index (χ1v) is 17.7. The lowest BCUT2D eigenvalue weighted by atomic mass is 10.0. The summed E-state index contributed by atoms with van der Waals surface area (Å²) in [6, 6.07) is 18.4. The Bertz CT molecular complexity index is 1860. The first kappa shape index (κ1) is 33.4. The van der Waals surface area contributed by atoms with Gasteiger partial charge < -0.3 is 14.5 Å². The summed E-state index contributed by atoms with van der Waals surface area (Å²) < 4.78 is 40.3. The summed E-state index contributed by atoms with van der Waals surface area (Å²) in [6.07, 6.45) is 1.02. The zero-order valence-electron chi connectivity index (χ0n) is 25.7. The molecule has 4 aromatic rings. The smallest absolute Gasteiger partial charge is 0.416 e. The lowest BCUT2D eigenvalue weighted by Gasteiger charge is -2.23. The van der Waals surface area contributed by atoms with Crippen LogP contribution in [0.4, 0.5) is 10.6 Å². The van der Waals surface area contributed by atoms with Gasteiger partial charge in [0.15, 0.2) is 5.82 Å². The number of rotatable bonds is 12. The lowest BCUT2D eigenvalue weighted by molar-refractivity contribution is -0.133. The van der Waals surface area contributed by atoms with E-state index in [4.69, 9.17) is 9.15 Å². The maximum Gasteiger partial charge on any atom is 0.416 e. The topological polar surface area (TPSA) is 148 Å². The van der Waals surface area contributed by atoms with Gasteiger partial charge in [0.25, 0.3) is 5.91 Å². The second kappa shape index (κ2) is 14.2. The Balaban J connectivity index is 1.21. The van der Waals surface area contributed by atoms with Crippen molar-refractivity contribution < 1.29 is 32.0 Å². The molecule has 0 spiro atoms. The fourth-order valence-electron chi connectivity index (χ4n) is 5.40. The number of hydrogen-bond donors (Lipinski definition) is 2. The first-order chi connectivity index (χ1) is 22.0. The molecule has 0 radical (unpaired) electrons. The summed E-state index contributed by atoms with van der Waals surface area (Å²) in [6.45, 7) is 3.84. The standard InChI is InChI=1S/C33H35IN4O7S/c1-20-12-14-23(15-13-20)28-27(30(39)35-3)25-18-26(34)29(36-31(25)45-28)37-46(42,43)16-8-7-9-21(2)32(40)38-24(19-44-33(38)41)17-22-10-5-4-6-11-22/h4-6,10-15,18,21,24H,7-9,16-17,19H2,1-3H3,(H,35,39)(H,36,37)/t21-,24-/m0/s1. The van der Waals surface area contributed by atoms with Crippen LogP contribution in [0.15, 0.2) is 65.1 Å². The highest BCUT2D eigenvalue weighted by Crippen LogP contribution is 2.35. The van der Waals surface area contributed by atoms with Gasteiger partial charge in [-0.3, -0.25) is 14.3 Å². The fourth-order valence-corrected chi connectivity index (χ4v) is 7.28. The molecule has 46 heavy (non-hydrogen) atoms. The van der Waals surface area contributed by atoms with Crippen molar-refractivity contribution in [1.82, 2.24) is 15.2 Å². The number of carbonyl (C=O) groups is 3. The van der Waals surface area contributed by atoms with E-state index in [1.807, 2.05) is 84.1 Å². The number of amides is 3. The van der Waals surface area contributed by atoms with Gasteiger partial charge in [0.1, 0.15) is 12.4 Å². The molecule has 2 aromatic carbocycles. The van der Waals surface area contributed by atoms with Crippen LogP contribution >= 0.6 is 22.6 Å². The lowest BCUT2D eigenvalue weighted by Crippen LogP contribution is -2.43. The number of nitrogens with one attached hydrogen (secondary N) is 2. The molecule has 2 atom stereocenters. The van der Waals surface area contributed by atoms with Crippen LogP contribution in [-0.4, -0.2) is 61.7 Å². The highest BCUT2D eigenvalue weighted by molar-refractivity contribution is 14.1. The van der Waals surface area contributed by atoms with Gasteiger partial charge in [-0.25, -0.2) is 18.1 Å². The molecule has 2 aromatic heterocycles. The summed E-state index contributed by atoms with van der Waals surface area (Å²) in [5.74, 6) is -0.906. The number of fused-ring (bicyclic) bond motifs is 1. The largest absolute Gasteiger partial charge is 0.447 e. The van der Waals surface area contributed by atoms with E-state index in [9.17, 15) is 22.8 Å². The number of anilines is 1. The summed E-state index contributed by atoms with van der Waals surface area (Å²) in [4.78, 5) is 44.0. The Kier molecular flexibility index (Phi) is 10.3. The molecule has 1 saturated heterocycles. The number of sulfonamides is 1. The molecule has 1 aliphatic rings. The number of aryl methyl sites for hydroxylation is 1. The summed E-state index contributed by atoms with van der Waals surface area (Å²) in [7, 11) is -2.27. The molecule has 0 aliphatic carbocycles. The van der Waals surface area contributed by atoms with Gasteiger partial charge in [0.05, 0.1) is 26.3 Å². The number of benzene rings is 2. The molecule has 1 fully saturated rings. The van der Waals surface area contributed by atoms with Crippen molar-refractivity contribution in [2.75, 3.05) is 24.1 Å². The summed E-state index contributed by atoms with van der Waals surface area (Å²) in [5, 5.41) is 3.11. The number of cyclic esters (lactones) is 1. The minimum atomic E-state index is -3.80. The molecule has 0 unspecified atom stereocenters. The Morgan fingerprint density at radius 3 is 2.52 bits per heavy atom. The maximum absolute atomic E-state index is 13.2. The van der Waals surface area contributed by atoms with Crippen LogP contribution in [0.25, 0.3) is 22.4 Å². The van der Waals surface area contributed by atoms with Gasteiger partial charge in [-0.2, -0.15) is 4.98 Å². The Morgan fingerprint density at radius 1 is 1.11 bits per heavy atom. The van der Waals surface area contributed by atoms with Gasteiger partial charge in [-0.05, 0) is 60.4 Å². The Labute approximate surface area is 281 Å². The minimum Gasteiger partial charge on any atom is -0.447 e. The maximum atomic E-state index is 13.2. The van der Waals surface area contributed by atoms with E-state index in [2.05, 4.69) is 15.0 Å². The molecular weight excluding hydrogens is 723 g/mol. The number of ether oxygens (including phenoxy) is 1. The van der Waals surface area contributed by atoms with E-state index >= 15 is 0 Å². The van der Waals surface area contributed by atoms with Crippen molar-refractivity contribution >= 4 is 67.4 Å². The minimum absolute atomic E-state index is 0.0984. The van der Waals surface area contributed by atoms with E-state index in [-0.39, 0.29) is 41.7 Å². The second-order valence-electron chi connectivity index (χ2n) is 11.4. The summed E-state index contributed by atoms with van der Waals surface area (Å²) in [5.41, 5.74) is 3.20. The molecule has 0 saturated carbocycles. The summed E-state index contributed by atoms with van der Waals surface area (Å²) >= 11 is 1.98. The predicted molar refractivity (Wildman–Crippen MR) is 183 cm³/mol. The number of hydrogen-bond acceptors (Lipinski definition) is 8. The highest BCUT2D eigenvalue weighted by atomic mass is 127. The van der Waals surface area contributed by atoms with E-state index < -0.39 is 22.0 Å². The molecule has 242 valence electrons. The molecule has 3 heterocycles. The van der Waals surface area contributed by atoms with E-state index in [1.54, 1.807) is 13.0 Å². The van der Waals surface area contributed by atoms with E-state index in [0.717, 1.165) is 11.1 Å². The van der Waals surface area contributed by atoms with Gasteiger partial charge in [0.2, 0.25) is 21.6 Å². The monoisotopic (exact) mass is 758 g/mol. The first-order valence-electron chi connectivity index (χ1n) is 14.9. The SMILES string of the molecule is CNC(=O)c1c(-c2ccc(C)cc2)oc2nc(NS(=O)(=O)CCCC[C@H](C)C(=O)N3C(=O)OC[C@@H]3Cc3ccccc3)c(I)cc12. The van der Waals surface area contributed by atoms with Crippen LogP contribution in [0.3, 0.4) is 0 Å². The average Bonchev–Trinajstić information content (AvgIpc) is 3.58. The number of unbranched alkanes of at least 4 members (excludes halogenated alkanes) is 1. The second-order valence-corrected chi connectivity index (χ2v) is 14.4. The third kappa shape index (κ3) is 7.52. The quantitative estimate of drug-likeness (QED) is 0.134. The molecule has 13 heteroatoms. The van der Waals surface area contributed by atoms with E-state index in [0.29, 0.717) is 51.5 Å². The number of nitrogens with zero attached hydrogens (tertiary/aromatic N) is 2. The van der Waals surface area contributed by atoms with Crippen molar-refractivity contribution in [1.29, 1.82) is 0 Å². The third-order valence-electron chi connectivity index (χ3n) is 7.89. The number of imide groups is 1. The Hall–Kier alpha value is -3.98. The van der Waals surface area contributed by atoms with Crippen molar-refractivity contribution in [3.8, 4) is 11.3 Å². The third-order valence-corrected chi connectivity index (χ3v) is 10.0. The fraction of sp³-hybridized carbons (Fsp3) is 0.333. The zero-order chi connectivity index (χ0) is 33.0. The van der Waals surface area contributed by atoms with Crippen molar-refractivity contribution in [2.24, 2.45) is 5.92 Å². The van der Waals surface area contributed by atoms with Crippen LogP contribution < -0.4 is 10.0 Å². The molecule has 5 rings (SSSR count). The van der Waals surface area contributed by atoms with Gasteiger partial charge in [0, 0.05) is 18.5 Å². The number of pyridine rings is 1. The molecule has 1 aliphatic heterocycles. The van der Waals surface area contributed by atoms with Crippen LogP contribution in [0.2, 0.25) is 0 Å². The van der Waals surface area contributed by atoms with Gasteiger partial charge in [-0.1, -0.05) is 73.5 Å². The van der Waals surface area contributed by atoms with Crippen molar-refractivity contribution in [3.05, 3.63) is 80.9 Å².